The first-order valence-corrected chi connectivity index (χ1v) is 13.4. The maximum absolute atomic E-state index is 12.9. The van der Waals surface area contributed by atoms with Crippen LogP contribution in [0.25, 0.3) is 0 Å². The van der Waals surface area contributed by atoms with Gasteiger partial charge < -0.3 is 10.4 Å². The SMILES string of the molecule is C[C@H]1[C@@H]2[C@@H](O)C([C@H](C)C(=O)NC3CCCCC3)CC[C@@]2(C)CC[C@@H]1NS(C)(=O)=O. The molecule has 3 rings (SSSR count). The molecule has 3 fully saturated rings. The first-order chi connectivity index (χ1) is 13.5. The Balaban J connectivity index is 1.70. The minimum Gasteiger partial charge on any atom is -0.392 e. The average molecular weight is 429 g/mol. The van der Waals surface area contributed by atoms with Crippen LogP contribution in [0.15, 0.2) is 0 Å². The van der Waals surface area contributed by atoms with E-state index in [2.05, 4.69) is 23.9 Å². The second kappa shape index (κ2) is 8.83. The lowest BCUT2D eigenvalue weighted by molar-refractivity contribution is -0.142. The highest BCUT2D eigenvalue weighted by Crippen LogP contribution is 2.55. The number of amides is 1. The molecule has 3 aliphatic carbocycles. The zero-order valence-electron chi connectivity index (χ0n) is 18.5. The zero-order chi connectivity index (χ0) is 21.4. The number of sulfonamides is 1. The predicted octanol–water partition coefficient (Wildman–Crippen LogP) is 2.81. The van der Waals surface area contributed by atoms with Crippen molar-refractivity contribution in [2.45, 2.75) is 96.7 Å². The molecule has 7 atom stereocenters. The van der Waals surface area contributed by atoms with E-state index in [4.69, 9.17) is 0 Å². The number of hydrogen-bond donors (Lipinski definition) is 3. The van der Waals surface area contributed by atoms with Crippen LogP contribution in [-0.4, -0.2) is 43.9 Å². The van der Waals surface area contributed by atoms with Crippen molar-refractivity contribution >= 4 is 15.9 Å². The van der Waals surface area contributed by atoms with Gasteiger partial charge in [0.15, 0.2) is 0 Å². The summed E-state index contributed by atoms with van der Waals surface area (Å²) in [7, 11) is -3.29. The fourth-order valence-electron chi connectivity index (χ4n) is 6.51. The molecular weight excluding hydrogens is 388 g/mol. The van der Waals surface area contributed by atoms with E-state index >= 15 is 0 Å². The van der Waals surface area contributed by atoms with Crippen molar-refractivity contribution in [2.24, 2.45) is 29.1 Å². The van der Waals surface area contributed by atoms with Gasteiger partial charge >= 0.3 is 0 Å². The number of aliphatic hydroxyl groups is 1. The second-order valence-electron chi connectivity index (χ2n) is 10.4. The fraction of sp³-hybridized carbons (Fsp3) is 0.955. The molecule has 6 nitrogen and oxygen atoms in total. The summed E-state index contributed by atoms with van der Waals surface area (Å²) < 4.78 is 26.4. The first kappa shape index (κ1) is 23.0. The van der Waals surface area contributed by atoms with Gasteiger partial charge in [0.2, 0.25) is 15.9 Å². The van der Waals surface area contributed by atoms with Gasteiger partial charge in [0.1, 0.15) is 0 Å². The first-order valence-electron chi connectivity index (χ1n) is 11.5. The number of rotatable bonds is 5. The molecule has 0 heterocycles. The van der Waals surface area contributed by atoms with Crippen molar-refractivity contribution in [3.63, 3.8) is 0 Å². The Kier molecular flexibility index (Phi) is 7.01. The number of carbonyl (C=O) groups excluding carboxylic acids is 1. The predicted molar refractivity (Wildman–Crippen MR) is 115 cm³/mol. The van der Waals surface area contributed by atoms with Gasteiger partial charge in [-0.3, -0.25) is 4.79 Å². The van der Waals surface area contributed by atoms with Crippen LogP contribution in [-0.2, 0) is 14.8 Å². The van der Waals surface area contributed by atoms with Crippen LogP contribution >= 0.6 is 0 Å². The smallest absolute Gasteiger partial charge is 0.223 e. The molecule has 0 aliphatic heterocycles. The molecule has 3 aliphatic rings. The standard InChI is InChI=1S/C22H40N2O4S/c1-14(21(26)23-16-8-6-5-7-9-16)17-10-12-22(3)13-11-18(24-29(4,27)28)15(2)19(22)20(17)25/h14-20,24-25H,5-13H2,1-4H3,(H,23,26)/t14-,15+,17?,18-,19+,20-,22-/m0/s1. The van der Waals surface area contributed by atoms with Crippen LogP contribution in [0.3, 0.4) is 0 Å². The van der Waals surface area contributed by atoms with Crippen molar-refractivity contribution in [3.8, 4) is 0 Å². The quantitative estimate of drug-likeness (QED) is 0.627. The van der Waals surface area contributed by atoms with Crippen LogP contribution in [0.4, 0.5) is 0 Å². The average Bonchev–Trinajstić information content (AvgIpc) is 2.64. The van der Waals surface area contributed by atoms with Crippen molar-refractivity contribution in [3.05, 3.63) is 0 Å². The van der Waals surface area contributed by atoms with Gasteiger partial charge in [-0.25, -0.2) is 13.1 Å². The number of aliphatic hydroxyl groups excluding tert-OH is 1. The minimum atomic E-state index is -3.29. The van der Waals surface area contributed by atoms with Gasteiger partial charge in [-0.2, -0.15) is 0 Å². The third-order valence-electron chi connectivity index (χ3n) is 8.26. The largest absolute Gasteiger partial charge is 0.392 e. The molecule has 1 unspecified atom stereocenters. The Morgan fingerprint density at radius 3 is 2.34 bits per heavy atom. The van der Waals surface area contributed by atoms with Gasteiger partial charge in [-0.1, -0.05) is 40.0 Å². The summed E-state index contributed by atoms with van der Waals surface area (Å²) in [5, 5.41) is 14.6. The summed E-state index contributed by atoms with van der Waals surface area (Å²) in [5.74, 6) is -0.198. The maximum Gasteiger partial charge on any atom is 0.223 e. The van der Waals surface area contributed by atoms with Crippen molar-refractivity contribution in [1.29, 1.82) is 0 Å². The van der Waals surface area contributed by atoms with Crippen LogP contribution in [0.5, 0.6) is 0 Å². The number of fused-ring (bicyclic) bond motifs is 1. The highest BCUT2D eigenvalue weighted by Gasteiger charge is 2.54. The molecule has 0 radical (unpaired) electrons. The van der Waals surface area contributed by atoms with E-state index in [0.29, 0.717) is 0 Å². The van der Waals surface area contributed by atoms with Gasteiger partial charge in [0.25, 0.3) is 0 Å². The molecule has 0 aromatic heterocycles. The maximum atomic E-state index is 12.9. The number of hydrogen-bond acceptors (Lipinski definition) is 4. The van der Waals surface area contributed by atoms with E-state index in [0.717, 1.165) is 38.5 Å². The van der Waals surface area contributed by atoms with Crippen molar-refractivity contribution in [2.75, 3.05) is 6.26 Å². The molecule has 1 amide bonds. The van der Waals surface area contributed by atoms with Crippen molar-refractivity contribution < 1.29 is 18.3 Å². The molecular formula is C22H40N2O4S. The van der Waals surface area contributed by atoms with Crippen LogP contribution < -0.4 is 10.0 Å². The summed E-state index contributed by atoms with van der Waals surface area (Å²) in [6, 6.07) is 0.129. The van der Waals surface area contributed by atoms with E-state index < -0.39 is 16.1 Å². The third kappa shape index (κ3) is 5.16. The molecule has 7 heteroatoms. The van der Waals surface area contributed by atoms with Crippen LogP contribution in [0.2, 0.25) is 0 Å². The van der Waals surface area contributed by atoms with Gasteiger partial charge in [-0.05, 0) is 61.7 Å². The minimum absolute atomic E-state index is 0.000759. The molecule has 168 valence electrons. The van der Waals surface area contributed by atoms with Crippen LogP contribution in [0.1, 0.15) is 78.6 Å². The molecule has 0 aromatic carbocycles. The van der Waals surface area contributed by atoms with Crippen molar-refractivity contribution in [1.82, 2.24) is 10.0 Å². The second-order valence-corrected chi connectivity index (χ2v) is 12.2. The fourth-order valence-corrected chi connectivity index (χ4v) is 7.39. The Hall–Kier alpha value is -0.660. The molecule has 0 aromatic rings. The van der Waals surface area contributed by atoms with E-state index in [1.165, 1.54) is 25.5 Å². The molecule has 0 saturated heterocycles. The van der Waals surface area contributed by atoms with E-state index in [9.17, 15) is 18.3 Å². The van der Waals surface area contributed by atoms with E-state index in [1.54, 1.807) is 0 Å². The molecule has 0 spiro atoms. The Labute approximate surface area is 176 Å². The third-order valence-corrected chi connectivity index (χ3v) is 8.99. The van der Waals surface area contributed by atoms with Gasteiger partial charge in [0, 0.05) is 18.0 Å². The summed E-state index contributed by atoms with van der Waals surface area (Å²) >= 11 is 0. The van der Waals surface area contributed by atoms with E-state index in [-0.39, 0.29) is 47.1 Å². The summed E-state index contributed by atoms with van der Waals surface area (Å²) in [6.07, 6.45) is 9.88. The highest BCUT2D eigenvalue weighted by atomic mass is 32.2. The number of nitrogens with one attached hydrogen (secondary N) is 2. The topological polar surface area (TPSA) is 95.5 Å². The van der Waals surface area contributed by atoms with Gasteiger partial charge in [-0.15, -0.1) is 0 Å². The van der Waals surface area contributed by atoms with E-state index in [1.807, 2.05) is 6.92 Å². The molecule has 3 N–H and O–H groups in total. The molecule has 29 heavy (non-hydrogen) atoms. The Morgan fingerprint density at radius 1 is 1.10 bits per heavy atom. The summed E-state index contributed by atoms with van der Waals surface area (Å²) in [6.45, 7) is 6.24. The zero-order valence-corrected chi connectivity index (χ0v) is 19.3. The lowest BCUT2D eigenvalue weighted by Gasteiger charge is -2.56. The summed E-state index contributed by atoms with van der Waals surface area (Å²) in [4.78, 5) is 12.9. The highest BCUT2D eigenvalue weighted by molar-refractivity contribution is 7.88. The lowest BCUT2D eigenvalue weighted by Crippen LogP contribution is -2.58. The Bertz CT molecular complexity index is 691. The molecule has 3 saturated carbocycles. The van der Waals surface area contributed by atoms with Gasteiger partial charge in [0.05, 0.1) is 12.4 Å². The number of carbonyl (C=O) groups is 1. The Morgan fingerprint density at radius 2 is 1.72 bits per heavy atom. The van der Waals surface area contributed by atoms with Crippen LogP contribution in [0, 0.1) is 29.1 Å². The lowest BCUT2D eigenvalue weighted by atomic mass is 9.52. The normalized spacial score (nSPS) is 40.1. The molecule has 0 bridgehead atoms. The monoisotopic (exact) mass is 428 g/mol. The summed E-state index contributed by atoms with van der Waals surface area (Å²) in [5.41, 5.74) is 0.00455.